The Hall–Kier alpha value is -2.25. The molecule has 0 aliphatic rings. The van der Waals surface area contributed by atoms with Gasteiger partial charge in [0.2, 0.25) is 11.9 Å². The van der Waals surface area contributed by atoms with Crippen molar-refractivity contribution in [3.05, 3.63) is 22.5 Å². The van der Waals surface area contributed by atoms with Crippen LogP contribution in [0, 0.1) is 10.1 Å². The SMILES string of the molecule is CC(=O)NCCNc1ncc([N+](=O)[O-])cn1. The highest BCUT2D eigenvalue weighted by atomic mass is 16.6. The molecule has 0 atom stereocenters. The molecule has 0 unspecified atom stereocenters. The van der Waals surface area contributed by atoms with Crippen LogP contribution < -0.4 is 10.6 Å². The number of nitrogens with one attached hydrogen (secondary N) is 2. The van der Waals surface area contributed by atoms with Gasteiger partial charge in [0, 0.05) is 20.0 Å². The molecule has 1 rings (SSSR count). The molecule has 0 aliphatic heterocycles. The standard InChI is InChI=1S/C8H11N5O3/c1-6(14)9-2-3-10-8-11-4-7(5-12-8)13(15)16/h4-5H,2-3H2,1H3,(H,9,14)(H,10,11,12). The summed E-state index contributed by atoms with van der Waals surface area (Å²) < 4.78 is 0. The second-order valence-corrected chi connectivity index (χ2v) is 2.93. The Balaban J connectivity index is 2.38. The van der Waals surface area contributed by atoms with Crippen LogP contribution in [0.4, 0.5) is 11.6 Å². The van der Waals surface area contributed by atoms with Gasteiger partial charge < -0.3 is 10.6 Å². The highest BCUT2D eigenvalue weighted by molar-refractivity contribution is 5.72. The first kappa shape index (κ1) is 11.8. The Bertz CT molecular complexity index is 378. The second-order valence-electron chi connectivity index (χ2n) is 2.93. The summed E-state index contributed by atoms with van der Waals surface area (Å²) in [5, 5.41) is 15.7. The third kappa shape index (κ3) is 3.86. The largest absolute Gasteiger partial charge is 0.355 e. The monoisotopic (exact) mass is 225 g/mol. The van der Waals surface area contributed by atoms with Crippen molar-refractivity contribution in [1.82, 2.24) is 15.3 Å². The molecule has 0 bridgehead atoms. The van der Waals surface area contributed by atoms with E-state index in [0.717, 1.165) is 12.4 Å². The molecule has 0 radical (unpaired) electrons. The minimum Gasteiger partial charge on any atom is -0.355 e. The summed E-state index contributed by atoms with van der Waals surface area (Å²) in [7, 11) is 0. The Kier molecular flexibility index (Phi) is 4.13. The average Bonchev–Trinajstić information content (AvgIpc) is 2.25. The van der Waals surface area contributed by atoms with Crippen LogP contribution in [-0.2, 0) is 4.79 Å². The second kappa shape index (κ2) is 5.59. The van der Waals surface area contributed by atoms with E-state index >= 15 is 0 Å². The number of anilines is 1. The summed E-state index contributed by atoms with van der Waals surface area (Å²) in [6, 6.07) is 0. The van der Waals surface area contributed by atoms with Crippen LogP contribution in [0.15, 0.2) is 12.4 Å². The molecular weight excluding hydrogens is 214 g/mol. The number of hydrogen-bond donors (Lipinski definition) is 2. The van der Waals surface area contributed by atoms with Crippen LogP contribution in [0.2, 0.25) is 0 Å². The normalized spacial score (nSPS) is 9.56. The highest BCUT2D eigenvalue weighted by Crippen LogP contribution is 2.07. The number of nitro groups is 1. The summed E-state index contributed by atoms with van der Waals surface area (Å²) >= 11 is 0. The lowest BCUT2D eigenvalue weighted by molar-refractivity contribution is -0.385. The molecule has 1 aromatic rings. The van der Waals surface area contributed by atoms with Crippen molar-refractivity contribution < 1.29 is 9.72 Å². The van der Waals surface area contributed by atoms with Crippen molar-refractivity contribution in [1.29, 1.82) is 0 Å². The lowest BCUT2D eigenvalue weighted by atomic mass is 10.5. The van der Waals surface area contributed by atoms with Crippen LogP contribution in [0.3, 0.4) is 0 Å². The Morgan fingerprint density at radius 3 is 2.56 bits per heavy atom. The van der Waals surface area contributed by atoms with Crippen LogP contribution in [0.5, 0.6) is 0 Å². The van der Waals surface area contributed by atoms with Crippen molar-refractivity contribution in [2.24, 2.45) is 0 Å². The molecular formula is C8H11N5O3. The van der Waals surface area contributed by atoms with Crippen molar-refractivity contribution >= 4 is 17.5 Å². The van der Waals surface area contributed by atoms with E-state index in [1.165, 1.54) is 6.92 Å². The quantitative estimate of drug-likeness (QED) is 0.412. The number of hydrogen-bond acceptors (Lipinski definition) is 6. The molecule has 0 saturated heterocycles. The van der Waals surface area contributed by atoms with Gasteiger partial charge in [-0.25, -0.2) is 9.97 Å². The topological polar surface area (TPSA) is 110 Å². The zero-order valence-corrected chi connectivity index (χ0v) is 8.64. The van der Waals surface area contributed by atoms with Gasteiger partial charge in [0.05, 0.1) is 4.92 Å². The van der Waals surface area contributed by atoms with E-state index in [4.69, 9.17) is 0 Å². The summed E-state index contributed by atoms with van der Waals surface area (Å²) in [5.41, 5.74) is -0.160. The molecule has 0 aromatic carbocycles. The summed E-state index contributed by atoms with van der Waals surface area (Å²) in [5.74, 6) is 0.169. The summed E-state index contributed by atoms with van der Waals surface area (Å²) in [6.07, 6.45) is 2.24. The van der Waals surface area contributed by atoms with Gasteiger partial charge in [0.15, 0.2) is 0 Å². The van der Waals surface area contributed by atoms with Crippen molar-refractivity contribution in [3.8, 4) is 0 Å². The zero-order chi connectivity index (χ0) is 12.0. The summed E-state index contributed by atoms with van der Waals surface area (Å²) in [4.78, 5) is 27.7. The smallest absolute Gasteiger partial charge is 0.305 e. The first-order chi connectivity index (χ1) is 7.59. The molecule has 1 amide bonds. The number of nitrogens with zero attached hydrogens (tertiary/aromatic N) is 3. The van der Waals surface area contributed by atoms with Crippen LogP contribution in [-0.4, -0.2) is 33.9 Å². The first-order valence-electron chi connectivity index (χ1n) is 4.54. The maximum atomic E-state index is 10.5. The number of aromatic nitrogens is 2. The fraction of sp³-hybridized carbons (Fsp3) is 0.375. The minimum absolute atomic E-state index is 0.119. The van der Waals surface area contributed by atoms with Gasteiger partial charge in [-0.15, -0.1) is 0 Å². The van der Waals surface area contributed by atoms with Gasteiger partial charge in [-0.1, -0.05) is 0 Å². The Morgan fingerprint density at radius 1 is 1.44 bits per heavy atom. The van der Waals surface area contributed by atoms with E-state index in [9.17, 15) is 14.9 Å². The predicted molar refractivity (Wildman–Crippen MR) is 55.9 cm³/mol. The number of rotatable bonds is 5. The predicted octanol–water partition coefficient (Wildman–Crippen LogP) is -0.0672. The third-order valence-corrected chi connectivity index (χ3v) is 1.63. The van der Waals surface area contributed by atoms with Gasteiger partial charge in [-0.2, -0.15) is 0 Å². The van der Waals surface area contributed by atoms with E-state index in [2.05, 4.69) is 20.6 Å². The van der Waals surface area contributed by atoms with E-state index in [1.807, 2.05) is 0 Å². The number of amides is 1. The first-order valence-corrected chi connectivity index (χ1v) is 4.54. The fourth-order valence-corrected chi connectivity index (χ4v) is 0.920. The lowest BCUT2D eigenvalue weighted by Crippen LogP contribution is -2.26. The maximum absolute atomic E-state index is 10.5. The van der Waals surface area contributed by atoms with Gasteiger partial charge in [0.25, 0.3) is 0 Å². The molecule has 2 N–H and O–H groups in total. The van der Waals surface area contributed by atoms with Crippen molar-refractivity contribution in [2.75, 3.05) is 18.4 Å². The number of carbonyl (C=O) groups is 1. The minimum atomic E-state index is -0.568. The Labute approximate surface area is 91.2 Å². The van der Waals surface area contributed by atoms with Crippen LogP contribution in [0.25, 0.3) is 0 Å². The molecule has 8 nitrogen and oxygen atoms in total. The highest BCUT2D eigenvalue weighted by Gasteiger charge is 2.05. The Morgan fingerprint density at radius 2 is 2.06 bits per heavy atom. The average molecular weight is 225 g/mol. The van der Waals surface area contributed by atoms with Crippen molar-refractivity contribution in [2.45, 2.75) is 6.92 Å². The molecule has 1 heterocycles. The van der Waals surface area contributed by atoms with E-state index in [1.54, 1.807) is 0 Å². The molecule has 8 heteroatoms. The summed E-state index contributed by atoms with van der Waals surface area (Å²) in [6.45, 7) is 2.31. The molecule has 0 saturated carbocycles. The molecule has 0 spiro atoms. The van der Waals surface area contributed by atoms with E-state index in [0.29, 0.717) is 13.1 Å². The van der Waals surface area contributed by atoms with Crippen molar-refractivity contribution in [3.63, 3.8) is 0 Å². The zero-order valence-electron chi connectivity index (χ0n) is 8.64. The molecule has 0 fully saturated rings. The van der Waals surface area contributed by atoms with Crippen LogP contribution in [0.1, 0.15) is 6.92 Å². The fourth-order valence-electron chi connectivity index (χ4n) is 0.920. The van der Waals surface area contributed by atoms with Crippen LogP contribution >= 0.6 is 0 Å². The third-order valence-electron chi connectivity index (χ3n) is 1.63. The van der Waals surface area contributed by atoms with Gasteiger partial charge >= 0.3 is 5.69 Å². The lowest BCUT2D eigenvalue weighted by Gasteiger charge is -2.04. The van der Waals surface area contributed by atoms with Gasteiger partial charge in [-0.3, -0.25) is 14.9 Å². The van der Waals surface area contributed by atoms with E-state index in [-0.39, 0.29) is 17.5 Å². The number of carbonyl (C=O) groups excluding carboxylic acids is 1. The van der Waals surface area contributed by atoms with Gasteiger partial charge in [0.1, 0.15) is 12.4 Å². The molecule has 86 valence electrons. The maximum Gasteiger partial charge on any atom is 0.305 e. The molecule has 16 heavy (non-hydrogen) atoms. The van der Waals surface area contributed by atoms with Gasteiger partial charge in [-0.05, 0) is 0 Å². The van der Waals surface area contributed by atoms with E-state index < -0.39 is 4.92 Å². The molecule has 1 aromatic heterocycles. The molecule has 0 aliphatic carbocycles.